The van der Waals surface area contributed by atoms with Crippen LogP contribution in [0.15, 0.2) is 0 Å². The summed E-state index contributed by atoms with van der Waals surface area (Å²) in [6, 6.07) is 0. The lowest BCUT2D eigenvalue weighted by Crippen LogP contribution is -2.48. The van der Waals surface area contributed by atoms with Crippen molar-refractivity contribution in [2.45, 2.75) is 51.1 Å². The zero-order valence-corrected chi connectivity index (χ0v) is 11.3. The van der Waals surface area contributed by atoms with E-state index in [1.54, 1.807) is 0 Å². The molecule has 19 heavy (non-hydrogen) atoms. The Morgan fingerprint density at radius 1 is 1.26 bits per heavy atom. The SMILES string of the molecule is CCOC(=O)C(F)(F)C(=O)C(OC)C1CCCCC1. The molecule has 0 aromatic rings. The highest BCUT2D eigenvalue weighted by Gasteiger charge is 2.53. The van der Waals surface area contributed by atoms with Crippen LogP contribution >= 0.6 is 0 Å². The minimum atomic E-state index is -4.13. The molecule has 110 valence electrons. The van der Waals surface area contributed by atoms with Crippen molar-refractivity contribution >= 4 is 11.8 Å². The van der Waals surface area contributed by atoms with E-state index in [1.165, 1.54) is 14.0 Å². The number of esters is 1. The smallest absolute Gasteiger partial charge is 0.402 e. The van der Waals surface area contributed by atoms with Crippen molar-refractivity contribution in [3.8, 4) is 0 Å². The van der Waals surface area contributed by atoms with Crippen molar-refractivity contribution in [1.82, 2.24) is 0 Å². The molecule has 0 spiro atoms. The lowest BCUT2D eigenvalue weighted by atomic mass is 9.82. The van der Waals surface area contributed by atoms with E-state index in [0.29, 0.717) is 12.8 Å². The largest absolute Gasteiger partial charge is 0.461 e. The standard InChI is InChI=1S/C13H20F2O4/c1-3-19-12(17)13(14,15)11(16)10(18-2)9-7-5-4-6-8-9/h9-10H,3-8H2,1-2H3. The Morgan fingerprint density at radius 3 is 2.32 bits per heavy atom. The number of carbonyl (C=O) groups excluding carboxylic acids is 2. The molecule has 0 amide bonds. The van der Waals surface area contributed by atoms with Gasteiger partial charge in [-0.25, -0.2) is 4.79 Å². The second-order valence-corrected chi connectivity index (χ2v) is 4.71. The fourth-order valence-corrected chi connectivity index (χ4v) is 2.45. The molecule has 4 nitrogen and oxygen atoms in total. The van der Waals surface area contributed by atoms with Crippen LogP contribution in [0.25, 0.3) is 0 Å². The summed E-state index contributed by atoms with van der Waals surface area (Å²) < 4.78 is 36.5. The Kier molecular flexibility index (Phi) is 5.85. The number of halogens is 2. The highest BCUT2D eigenvalue weighted by atomic mass is 19.3. The molecule has 1 saturated carbocycles. The van der Waals surface area contributed by atoms with E-state index in [9.17, 15) is 18.4 Å². The van der Waals surface area contributed by atoms with Crippen LogP contribution in [-0.2, 0) is 19.1 Å². The molecule has 1 unspecified atom stereocenters. The number of hydrogen-bond donors (Lipinski definition) is 0. The van der Waals surface area contributed by atoms with Gasteiger partial charge in [0.2, 0.25) is 5.78 Å². The first-order valence-corrected chi connectivity index (χ1v) is 6.57. The number of alkyl halides is 2. The predicted octanol–water partition coefficient (Wildman–Crippen LogP) is 2.35. The number of Topliss-reactive ketones (excluding diaryl/α,β-unsaturated/α-hetero) is 1. The summed E-state index contributed by atoms with van der Waals surface area (Å²) in [4.78, 5) is 23.0. The van der Waals surface area contributed by atoms with Gasteiger partial charge in [0.1, 0.15) is 6.10 Å². The van der Waals surface area contributed by atoms with E-state index < -0.39 is 23.8 Å². The maximum atomic E-state index is 13.7. The predicted molar refractivity (Wildman–Crippen MR) is 64.0 cm³/mol. The van der Waals surface area contributed by atoms with Gasteiger partial charge in [-0.1, -0.05) is 19.3 Å². The first-order chi connectivity index (χ1) is 8.95. The van der Waals surface area contributed by atoms with Crippen LogP contribution in [0.3, 0.4) is 0 Å². The zero-order valence-electron chi connectivity index (χ0n) is 11.3. The van der Waals surface area contributed by atoms with Gasteiger partial charge in [-0.3, -0.25) is 4.79 Å². The van der Waals surface area contributed by atoms with Gasteiger partial charge in [-0.2, -0.15) is 8.78 Å². The summed E-state index contributed by atoms with van der Waals surface area (Å²) >= 11 is 0. The summed E-state index contributed by atoms with van der Waals surface area (Å²) in [5.41, 5.74) is 0. The second kappa shape index (κ2) is 6.93. The molecular weight excluding hydrogens is 258 g/mol. The molecule has 0 aromatic carbocycles. The van der Waals surface area contributed by atoms with Crippen LogP contribution in [0.5, 0.6) is 0 Å². The van der Waals surface area contributed by atoms with Gasteiger partial charge in [0.25, 0.3) is 0 Å². The van der Waals surface area contributed by atoms with E-state index >= 15 is 0 Å². The zero-order chi connectivity index (χ0) is 14.5. The minimum Gasteiger partial charge on any atom is -0.461 e. The van der Waals surface area contributed by atoms with Gasteiger partial charge in [0.15, 0.2) is 0 Å². The monoisotopic (exact) mass is 278 g/mol. The Balaban J connectivity index is 2.78. The average molecular weight is 278 g/mol. The van der Waals surface area contributed by atoms with E-state index in [4.69, 9.17) is 4.74 Å². The highest BCUT2D eigenvalue weighted by molar-refractivity contribution is 6.07. The molecular formula is C13H20F2O4. The third-order valence-electron chi connectivity index (χ3n) is 3.43. The molecule has 1 fully saturated rings. The van der Waals surface area contributed by atoms with Crippen LogP contribution < -0.4 is 0 Å². The number of methoxy groups -OCH3 is 1. The van der Waals surface area contributed by atoms with E-state index in [0.717, 1.165) is 19.3 Å². The Labute approximate surface area is 111 Å². The van der Waals surface area contributed by atoms with E-state index in [2.05, 4.69) is 4.74 Å². The van der Waals surface area contributed by atoms with Crippen molar-refractivity contribution in [3.05, 3.63) is 0 Å². The number of hydrogen-bond acceptors (Lipinski definition) is 4. The Hall–Kier alpha value is -1.04. The van der Waals surface area contributed by atoms with Gasteiger partial charge < -0.3 is 9.47 Å². The van der Waals surface area contributed by atoms with Gasteiger partial charge in [0, 0.05) is 7.11 Å². The Bertz CT molecular complexity index is 325. The molecule has 1 atom stereocenters. The van der Waals surface area contributed by atoms with Crippen LogP contribution in [0.1, 0.15) is 39.0 Å². The van der Waals surface area contributed by atoms with Crippen molar-refractivity contribution in [3.63, 3.8) is 0 Å². The summed E-state index contributed by atoms with van der Waals surface area (Å²) in [5, 5.41) is 0. The molecule has 0 aliphatic heterocycles. The van der Waals surface area contributed by atoms with Crippen molar-refractivity contribution in [2.75, 3.05) is 13.7 Å². The fraction of sp³-hybridized carbons (Fsp3) is 0.846. The summed E-state index contributed by atoms with van der Waals surface area (Å²) in [5.74, 6) is -7.65. The van der Waals surface area contributed by atoms with Crippen molar-refractivity contribution in [2.24, 2.45) is 5.92 Å². The van der Waals surface area contributed by atoms with Gasteiger partial charge in [0.05, 0.1) is 6.61 Å². The number of rotatable bonds is 6. The summed E-state index contributed by atoms with van der Waals surface area (Å²) in [7, 11) is 1.22. The molecule has 0 N–H and O–H groups in total. The lowest BCUT2D eigenvalue weighted by Gasteiger charge is -2.29. The van der Waals surface area contributed by atoms with Crippen molar-refractivity contribution in [1.29, 1.82) is 0 Å². The third-order valence-corrected chi connectivity index (χ3v) is 3.43. The molecule has 6 heteroatoms. The average Bonchev–Trinajstić information content (AvgIpc) is 2.41. The number of ether oxygens (including phenoxy) is 2. The normalized spacial score (nSPS) is 18.9. The highest BCUT2D eigenvalue weighted by Crippen LogP contribution is 2.31. The van der Waals surface area contributed by atoms with Gasteiger partial charge in [-0.05, 0) is 25.7 Å². The molecule has 0 radical (unpaired) electrons. The maximum Gasteiger partial charge on any atom is 0.402 e. The van der Waals surface area contributed by atoms with Crippen molar-refractivity contribution < 1.29 is 27.8 Å². The first kappa shape index (κ1) is 16.0. The van der Waals surface area contributed by atoms with Crippen LogP contribution in [-0.4, -0.2) is 37.5 Å². The molecule has 1 aliphatic rings. The van der Waals surface area contributed by atoms with Gasteiger partial charge in [-0.15, -0.1) is 0 Å². The van der Waals surface area contributed by atoms with Crippen LogP contribution in [0, 0.1) is 5.92 Å². The number of carbonyl (C=O) groups is 2. The molecule has 1 rings (SSSR count). The minimum absolute atomic E-state index is 0.192. The molecule has 0 bridgehead atoms. The molecule has 0 saturated heterocycles. The summed E-state index contributed by atoms with van der Waals surface area (Å²) in [6.07, 6.45) is 2.92. The quantitative estimate of drug-likeness (QED) is 0.553. The maximum absolute atomic E-state index is 13.7. The first-order valence-electron chi connectivity index (χ1n) is 6.57. The third kappa shape index (κ3) is 3.72. The molecule has 1 aliphatic carbocycles. The lowest BCUT2D eigenvalue weighted by molar-refractivity contribution is -0.182. The molecule has 0 heterocycles. The van der Waals surface area contributed by atoms with Crippen LogP contribution in [0.2, 0.25) is 0 Å². The Morgan fingerprint density at radius 2 is 1.84 bits per heavy atom. The summed E-state index contributed by atoms with van der Waals surface area (Å²) in [6.45, 7) is 1.22. The second-order valence-electron chi connectivity index (χ2n) is 4.71. The topological polar surface area (TPSA) is 52.6 Å². The van der Waals surface area contributed by atoms with E-state index in [1.807, 2.05) is 0 Å². The number of ketones is 1. The molecule has 0 aromatic heterocycles. The van der Waals surface area contributed by atoms with Crippen LogP contribution in [0.4, 0.5) is 8.78 Å². The van der Waals surface area contributed by atoms with Gasteiger partial charge >= 0.3 is 11.9 Å². The fourth-order valence-electron chi connectivity index (χ4n) is 2.45. The van der Waals surface area contributed by atoms with E-state index in [-0.39, 0.29) is 12.5 Å².